The number of halogens is 1. The van der Waals surface area contributed by atoms with E-state index < -0.39 is 9.73 Å². The lowest BCUT2D eigenvalue weighted by atomic mass is 10.1. The topological polar surface area (TPSA) is 114 Å². The molecule has 32 heavy (non-hydrogen) atoms. The molecule has 0 radical (unpaired) electrons. The van der Waals surface area contributed by atoms with E-state index >= 15 is 0 Å². The first-order chi connectivity index (χ1) is 15.5. The average molecular weight is 467 g/mol. The number of aromatic nitrogens is 4. The molecule has 0 saturated heterocycles. The minimum atomic E-state index is -2.83. The number of methoxy groups -OCH3 is 1. The molecule has 10 heteroatoms. The maximum atomic E-state index is 12.8. The number of fused-ring (bicyclic) bond motifs is 1. The molecule has 0 bridgehead atoms. The highest BCUT2D eigenvalue weighted by atomic mass is 35.5. The molecule has 0 spiro atoms. The van der Waals surface area contributed by atoms with E-state index in [0.29, 0.717) is 38.7 Å². The molecule has 1 saturated carbocycles. The van der Waals surface area contributed by atoms with Crippen LogP contribution in [0.4, 0.5) is 11.6 Å². The Labute approximate surface area is 190 Å². The van der Waals surface area contributed by atoms with Crippen LogP contribution in [0.2, 0.25) is 5.02 Å². The van der Waals surface area contributed by atoms with E-state index in [2.05, 4.69) is 25.3 Å². The first kappa shape index (κ1) is 20.6. The van der Waals surface area contributed by atoms with E-state index in [1.54, 1.807) is 18.2 Å². The first-order valence-corrected chi connectivity index (χ1v) is 11.9. The molecule has 1 aliphatic carbocycles. The Balaban J connectivity index is 1.52. The minimum absolute atomic E-state index is 0.0733. The molecule has 4 aromatic rings. The lowest BCUT2D eigenvalue weighted by Crippen LogP contribution is -2.06. The lowest BCUT2D eigenvalue weighted by Gasteiger charge is -2.14. The van der Waals surface area contributed by atoms with Gasteiger partial charge in [-0.05, 0) is 37.1 Å². The molecular weight excluding hydrogens is 448 g/mol. The predicted octanol–water partition coefficient (Wildman–Crippen LogP) is 5.06. The van der Waals surface area contributed by atoms with Crippen molar-refractivity contribution in [3.8, 4) is 17.1 Å². The highest BCUT2D eigenvalue weighted by molar-refractivity contribution is 7.93. The molecule has 0 amide bonds. The maximum absolute atomic E-state index is 12.8. The van der Waals surface area contributed by atoms with Crippen LogP contribution in [0.15, 0.2) is 59.9 Å². The van der Waals surface area contributed by atoms with Gasteiger partial charge in [-0.1, -0.05) is 29.8 Å². The van der Waals surface area contributed by atoms with Crippen LogP contribution < -0.4 is 10.1 Å². The summed E-state index contributed by atoms with van der Waals surface area (Å²) >= 11 is 6.41. The Kier molecular flexibility index (Phi) is 5.15. The van der Waals surface area contributed by atoms with Gasteiger partial charge in [0.05, 0.1) is 44.2 Å². The summed E-state index contributed by atoms with van der Waals surface area (Å²) in [5.41, 5.74) is 2.45. The molecule has 2 aromatic heterocycles. The Morgan fingerprint density at radius 1 is 1.12 bits per heavy atom. The molecule has 2 heterocycles. The van der Waals surface area contributed by atoms with E-state index in [1.807, 2.05) is 24.3 Å². The average Bonchev–Trinajstić information content (AvgIpc) is 3.66. The number of benzene rings is 2. The Morgan fingerprint density at radius 3 is 2.72 bits per heavy atom. The van der Waals surface area contributed by atoms with E-state index in [4.69, 9.17) is 21.1 Å². The Hall–Kier alpha value is -3.30. The number of para-hydroxylation sites is 1. The number of rotatable bonds is 6. The summed E-state index contributed by atoms with van der Waals surface area (Å²) in [4.78, 5) is 18.0. The van der Waals surface area contributed by atoms with Crippen LogP contribution in [-0.4, -0.2) is 36.5 Å². The van der Waals surface area contributed by atoms with E-state index in [-0.39, 0.29) is 5.25 Å². The molecule has 1 unspecified atom stereocenters. The van der Waals surface area contributed by atoms with Crippen LogP contribution in [0, 0.1) is 4.78 Å². The Morgan fingerprint density at radius 2 is 1.94 bits per heavy atom. The molecule has 2 N–H and O–H groups in total. The van der Waals surface area contributed by atoms with Crippen LogP contribution in [0.5, 0.6) is 5.75 Å². The summed E-state index contributed by atoms with van der Waals surface area (Å²) in [6, 6.07) is 12.7. The minimum Gasteiger partial charge on any atom is -0.495 e. The van der Waals surface area contributed by atoms with Gasteiger partial charge in [0.15, 0.2) is 0 Å². The van der Waals surface area contributed by atoms with Crippen LogP contribution in [0.3, 0.4) is 0 Å². The molecule has 1 fully saturated rings. The second-order valence-electron chi connectivity index (χ2n) is 7.42. The van der Waals surface area contributed by atoms with Crippen molar-refractivity contribution in [3.05, 3.63) is 60.0 Å². The van der Waals surface area contributed by atoms with E-state index in [0.717, 1.165) is 23.7 Å². The van der Waals surface area contributed by atoms with Crippen LogP contribution in [0.1, 0.15) is 12.8 Å². The second-order valence-corrected chi connectivity index (χ2v) is 10.2. The van der Waals surface area contributed by atoms with Crippen molar-refractivity contribution < 1.29 is 8.95 Å². The van der Waals surface area contributed by atoms with Crippen LogP contribution >= 0.6 is 11.6 Å². The van der Waals surface area contributed by atoms with Crippen molar-refractivity contribution in [2.75, 3.05) is 12.4 Å². The van der Waals surface area contributed by atoms with Gasteiger partial charge in [-0.3, -0.25) is 0 Å². The van der Waals surface area contributed by atoms with E-state index in [1.165, 1.54) is 19.6 Å². The second kappa shape index (κ2) is 7.99. The van der Waals surface area contributed by atoms with Crippen molar-refractivity contribution in [2.24, 2.45) is 0 Å². The fraction of sp³-hybridized carbons (Fsp3) is 0.182. The highest BCUT2D eigenvalue weighted by Gasteiger charge is 2.34. The summed E-state index contributed by atoms with van der Waals surface area (Å²) < 4.78 is 26.5. The fourth-order valence-electron chi connectivity index (χ4n) is 3.46. The summed E-state index contributed by atoms with van der Waals surface area (Å²) in [6.45, 7) is 0. The third-order valence-corrected chi connectivity index (χ3v) is 7.92. The standard InChI is InChI=1S/C22H19ClN6O2S/c1-31-19-10-14(32(24,30)13-6-7-13)8-9-18(19)28-22-25-11-16(23)21(29-22)20-15-4-2-3-5-17(15)26-12-27-20/h2-5,8-13,24H,6-7H2,1H3,(H,25,28,29). The van der Waals surface area contributed by atoms with Gasteiger partial charge in [0.25, 0.3) is 0 Å². The normalized spacial score (nSPS) is 15.3. The van der Waals surface area contributed by atoms with Gasteiger partial charge in [0.1, 0.15) is 23.5 Å². The molecule has 8 nitrogen and oxygen atoms in total. The summed E-state index contributed by atoms with van der Waals surface area (Å²) in [7, 11) is -1.31. The Bertz CT molecular complexity index is 1430. The zero-order valence-corrected chi connectivity index (χ0v) is 18.7. The van der Waals surface area contributed by atoms with Gasteiger partial charge in [0, 0.05) is 10.6 Å². The summed E-state index contributed by atoms with van der Waals surface area (Å²) in [5, 5.41) is 4.24. The third-order valence-electron chi connectivity index (χ3n) is 5.27. The van der Waals surface area contributed by atoms with Gasteiger partial charge in [-0.2, -0.15) is 0 Å². The van der Waals surface area contributed by atoms with Gasteiger partial charge >= 0.3 is 0 Å². The largest absolute Gasteiger partial charge is 0.495 e. The van der Waals surface area contributed by atoms with Crippen molar-refractivity contribution in [1.29, 1.82) is 4.78 Å². The number of hydrogen-bond acceptors (Lipinski definition) is 8. The van der Waals surface area contributed by atoms with Gasteiger partial charge in [-0.15, -0.1) is 0 Å². The van der Waals surface area contributed by atoms with Crippen LogP contribution in [0.25, 0.3) is 22.3 Å². The first-order valence-electron chi connectivity index (χ1n) is 9.93. The number of nitrogens with zero attached hydrogens (tertiary/aromatic N) is 4. The third kappa shape index (κ3) is 3.74. The van der Waals surface area contributed by atoms with Crippen molar-refractivity contribution in [1.82, 2.24) is 19.9 Å². The highest BCUT2D eigenvalue weighted by Crippen LogP contribution is 2.38. The summed E-state index contributed by atoms with van der Waals surface area (Å²) in [5.74, 6) is 0.752. The van der Waals surface area contributed by atoms with Crippen LogP contribution in [-0.2, 0) is 9.73 Å². The quantitative estimate of drug-likeness (QED) is 0.408. The zero-order chi connectivity index (χ0) is 22.3. The fourth-order valence-corrected chi connectivity index (χ4v) is 5.38. The smallest absolute Gasteiger partial charge is 0.227 e. The van der Waals surface area contributed by atoms with E-state index in [9.17, 15) is 4.21 Å². The number of anilines is 2. The van der Waals surface area contributed by atoms with Crippen molar-refractivity contribution >= 4 is 43.9 Å². The van der Waals surface area contributed by atoms with Gasteiger partial charge in [0.2, 0.25) is 5.95 Å². The summed E-state index contributed by atoms with van der Waals surface area (Å²) in [6.07, 6.45) is 4.63. The molecule has 2 aromatic carbocycles. The SMILES string of the molecule is COc1cc(S(=N)(=O)C2CC2)ccc1Nc1ncc(Cl)c(-c2ncnc3ccccc23)n1. The zero-order valence-electron chi connectivity index (χ0n) is 17.1. The monoisotopic (exact) mass is 466 g/mol. The van der Waals surface area contributed by atoms with Crippen molar-refractivity contribution in [2.45, 2.75) is 23.0 Å². The molecule has 5 rings (SSSR count). The molecule has 1 atom stereocenters. The molecule has 162 valence electrons. The molecular formula is C22H19ClN6O2S. The lowest BCUT2D eigenvalue weighted by molar-refractivity contribution is 0.415. The number of ether oxygens (including phenoxy) is 1. The molecule has 0 aliphatic heterocycles. The maximum Gasteiger partial charge on any atom is 0.227 e. The van der Waals surface area contributed by atoms with Gasteiger partial charge in [-0.25, -0.2) is 28.9 Å². The molecule has 1 aliphatic rings. The number of hydrogen-bond donors (Lipinski definition) is 2. The van der Waals surface area contributed by atoms with Crippen molar-refractivity contribution in [3.63, 3.8) is 0 Å². The van der Waals surface area contributed by atoms with Gasteiger partial charge < -0.3 is 10.1 Å². The predicted molar refractivity (Wildman–Crippen MR) is 124 cm³/mol. The number of nitrogens with one attached hydrogen (secondary N) is 2.